The van der Waals surface area contributed by atoms with Gasteiger partial charge in [-0.3, -0.25) is 0 Å². The molecule has 0 atom stereocenters. The molecule has 0 bridgehead atoms. The van der Waals surface area contributed by atoms with Crippen LogP contribution in [0.15, 0.2) is 0 Å². The van der Waals surface area contributed by atoms with Crippen LogP contribution in [0.25, 0.3) is 0 Å². The van der Waals surface area contributed by atoms with E-state index in [1.807, 2.05) is 0 Å². The predicted octanol–water partition coefficient (Wildman–Crippen LogP) is -0.503. The molecule has 0 rings (SSSR count). The van der Waals surface area contributed by atoms with E-state index in [0.717, 1.165) is 0 Å². The van der Waals surface area contributed by atoms with Crippen molar-refractivity contribution in [2.24, 2.45) is 0 Å². The van der Waals surface area contributed by atoms with Crippen molar-refractivity contribution in [1.82, 2.24) is 12.3 Å². The minimum Gasteiger partial charge on any atom is -0.412 e. The molecule has 4 heavy (non-hydrogen) atoms. The smallest absolute Gasteiger partial charge is 0 e. The summed E-state index contributed by atoms with van der Waals surface area (Å²) in [6, 6.07) is 0. The summed E-state index contributed by atoms with van der Waals surface area (Å²) < 4.78 is 0. The first-order valence-corrected chi connectivity index (χ1v) is 0. The molecule has 0 radical (unpaired) electrons. The third-order valence-corrected chi connectivity index (χ3v) is 0. The van der Waals surface area contributed by atoms with Crippen LogP contribution in [-0.2, 0) is 16.5 Å². The van der Waals surface area contributed by atoms with E-state index in [1.54, 1.807) is 0 Å². The van der Waals surface area contributed by atoms with Gasteiger partial charge in [-0.15, -0.1) is 0 Å². The summed E-state index contributed by atoms with van der Waals surface area (Å²) in [5.74, 6) is 0. The molecule has 34 valence electrons. The Balaban J connectivity index is 0. The van der Waals surface area contributed by atoms with Crippen LogP contribution in [0, 0.1) is 0 Å². The second-order valence-corrected chi connectivity index (χ2v) is 0. The normalized spacial score (nSPS) is 0. The van der Waals surface area contributed by atoms with Gasteiger partial charge < -0.3 is 17.8 Å². The minimum absolute atomic E-state index is 0. The van der Waals surface area contributed by atoms with Gasteiger partial charge in [0, 0.05) is 16.5 Å². The quantitative estimate of drug-likeness (QED) is 0.411. The summed E-state index contributed by atoms with van der Waals surface area (Å²) in [5, 5.41) is 0. The summed E-state index contributed by atoms with van der Waals surface area (Å²) in [5.41, 5.74) is 0. The van der Waals surface area contributed by atoms with Crippen molar-refractivity contribution >= 4 is 0 Å². The Morgan fingerprint density at radius 3 is 0.750 bits per heavy atom. The van der Waals surface area contributed by atoms with Gasteiger partial charge in [-0.05, 0) is 0 Å². The molecule has 0 saturated heterocycles. The molecular weight excluding hydrogens is 103 g/mol. The molecule has 0 unspecified atom stereocenters. The molecule has 0 aromatic rings. The summed E-state index contributed by atoms with van der Waals surface area (Å²) in [6.45, 7) is 0. The number of hydrogen-bond acceptors (Lipinski definition) is 2. The molecule has 0 fully saturated rings. The SMILES string of the molecule is N.N.O.[Ni]. The van der Waals surface area contributed by atoms with Gasteiger partial charge in [0.15, 0.2) is 0 Å². The van der Waals surface area contributed by atoms with Crippen molar-refractivity contribution in [3.05, 3.63) is 0 Å². The van der Waals surface area contributed by atoms with E-state index in [1.165, 1.54) is 0 Å². The van der Waals surface area contributed by atoms with E-state index >= 15 is 0 Å². The average molecular weight is 111 g/mol. The van der Waals surface area contributed by atoms with Gasteiger partial charge >= 0.3 is 0 Å². The van der Waals surface area contributed by atoms with Crippen molar-refractivity contribution in [3.63, 3.8) is 0 Å². The first-order valence-electron chi connectivity index (χ1n) is 0. The molecule has 0 spiro atoms. The van der Waals surface area contributed by atoms with E-state index in [2.05, 4.69) is 0 Å². The van der Waals surface area contributed by atoms with Crippen LogP contribution in [0.2, 0.25) is 0 Å². The fourth-order valence-corrected chi connectivity index (χ4v) is 0. The summed E-state index contributed by atoms with van der Waals surface area (Å²) in [4.78, 5) is 0. The molecular formula is H8N2NiO. The average Bonchev–Trinajstić information content (AvgIpc) is 0. The van der Waals surface area contributed by atoms with Crippen molar-refractivity contribution in [2.45, 2.75) is 0 Å². The van der Waals surface area contributed by atoms with Crippen molar-refractivity contribution < 1.29 is 22.0 Å². The van der Waals surface area contributed by atoms with Crippen molar-refractivity contribution in [1.29, 1.82) is 0 Å². The maximum absolute atomic E-state index is 0. The zero-order chi connectivity index (χ0) is 0. The third kappa shape index (κ3) is 32.1. The van der Waals surface area contributed by atoms with Crippen molar-refractivity contribution in [2.75, 3.05) is 0 Å². The first kappa shape index (κ1) is 357. The largest absolute Gasteiger partial charge is 0.412 e. The monoisotopic (exact) mass is 110 g/mol. The van der Waals surface area contributed by atoms with Gasteiger partial charge in [-0.2, -0.15) is 0 Å². The van der Waals surface area contributed by atoms with Crippen LogP contribution in [-0.4, -0.2) is 5.48 Å². The summed E-state index contributed by atoms with van der Waals surface area (Å²) in [7, 11) is 0. The molecule has 4 heteroatoms. The van der Waals surface area contributed by atoms with Gasteiger partial charge in [-0.25, -0.2) is 0 Å². The molecule has 3 nitrogen and oxygen atoms in total. The molecule has 0 aliphatic heterocycles. The molecule has 0 aromatic carbocycles. The molecule has 0 aliphatic carbocycles. The van der Waals surface area contributed by atoms with Gasteiger partial charge in [0.1, 0.15) is 0 Å². The predicted molar refractivity (Wildman–Crippen MR) is 13.7 cm³/mol. The Bertz CT molecular complexity index is 6.00. The first-order chi connectivity index (χ1) is 0. The Morgan fingerprint density at radius 2 is 0.750 bits per heavy atom. The molecule has 0 saturated carbocycles. The zero-order valence-corrected chi connectivity index (χ0v) is 3.22. The fraction of sp³-hybridized carbons (Fsp3) is 0. The van der Waals surface area contributed by atoms with Crippen LogP contribution in [0.5, 0.6) is 0 Å². The van der Waals surface area contributed by atoms with Crippen LogP contribution < -0.4 is 12.3 Å². The second kappa shape index (κ2) is 136. The molecule has 0 heterocycles. The van der Waals surface area contributed by atoms with E-state index in [9.17, 15) is 0 Å². The maximum Gasteiger partial charge on any atom is 0 e. The van der Waals surface area contributed by atoms with Gasteiger partial charge in [0.2, 0.25) is 0 Å². The van der Waals surface area contributed by atoms with Crippen LogP contribution >= 0.6 is 0 Å². The molecule has 0 amide bonds. The topological polar surface area (TPSA) is 102 Å². The van der Waals surface area contributed by atoms with Gasteiger partial charge in [0.25, 0.3) is 0 Å². The fourth-order valence-electron chi connectivity index (χ4n) is 0. The van der Waals surface area contributed by atoms with Crippen LogP contribution in [0.3, 0.4) is 0 Å². The van der Waals surface area contributed by atoms with E-state index in [4.69, 9.17) is 0 Å². The van der Waals surface area contributed by atoms with Crippen LogP contribution in [0.1, 0.15) is 0 Å². The molecule has 0 aromatic heterocycles. The summed E-state index contributed by atoms with van der Waals surface area (Å²) in [6.07, 6.45) is 0. The molecule has 8 N–H and O–H groups in total. The standard InChI is InChI=1S/2H3N.Ni.H2O/h2*1H3;;1H2. The second-order valence-electron chi connectivity index (χ2n) is 0. The van der Waals surface area contributed by atoms with E-state index in [-0.39, 0.29) is 34.3 Å². The zero-order valence-electron chi connectivity index (χ0n) is 2.23. The Hall–Kier alpha value is 0.374. The Labute approximate surface area is 35.2 Å². The Morgan fingerprint density at radius 1 is 0.750 bits per heavy atom. The third-order valence-electron chi connectivity index (χ3n) is 0. The molecule has 0 aliphatic rings. The van der Waals surface area contributed by atoms with Crippen LogP contribution in [0.4, 0.5) is 0 Å². The summed E-state index contributed by atoms with van der Waals surface area (Å²) >= 11 is 0. The van der Waals surface area contributed by atoms with E-state index in [0.29, 0.717) is 0 Å². The van der Waals surface area contributed by atoms with Crippen molar-refractivity contribution in [3.8, 4) is 0 Å². The van der Waals surface area contributed by atoms with Gasteiger partial charge in [0.05, 0.1) is 0 Å². The van der Waals surface area contributed by atoms with E-state index < -0.39 is 0 Å². The minimum atomic E-state index is 0. The Kier molecular flexibility index (Phi) is 12200. The van der Waals surface area contributed by atoms with Gasteiger partial charge in [-0.1, -0.05) is 0 Å². The number of hydrogen-bond donors (Lipinski definition) is 2. The number of rotatable bonds is 0. The maximum atomic E-state index is 0.